The van der Waals surface area contributed by atoms with Gasteiger partial charge in [-0.1, -0.05) is 16.8 Å². The number of urea groups is 2. The molecule has 0 bridgehead atoms. The number of primary amides is 1. The molecule has 1 aliphatic carbocycles. The van der Waals surface area contributed by atoms with E-state index in [1.165, 1.54) is 0 Å². The number of carbonyl (C=O) groups is 2. The Morgan fingerprint density at radius 2 is 2.15 bits per heavy atom. The summed E-state index contributed by atoms with van der Waals surface area (Å²) in [7, 11) is 0. The van der Waals surface area contributed by atoms with Crippen LogP contribution in [0, 0.1) is 0 Å². The van der Waals surface area contributed by atoms with Crippen LogP contribution >= 0.6 is 11.6 Å². The number of amides is 4. The third kappa shape index (κ3) is 3.80. The predicted molar refractivity (Wildman–Crippen MR) is 100 cm³/mol. The minimum Gasteiger partial charge on any atom is -0.358 e. The van der Waals surface area contributed by atoms with E-state index in [2.05, 4.69) is 10.5 Å². The number of hydrogen-bond donors (Lipinski definition) is 2. The van der Waals surface area contributed by atoms with Gasteiger partial charge in [-0.3, -0.25) is 0 Å². The highest BCUT2D eigenvalue weighted by atomic mass is 35.5. The Labute approximate surface area is 161 Å². The lowest BCUT2D eigenvalue weighted by molar-refractivity contribution is 0.118. The number of halogens is 1. The molecule has 27 heavy (non-hydrogen) atoms. The monoisotopic (exact) mass is 391 g/mol. The highest BCUT2D eigenvalue weighted by Gasteiger charge is 2.39. The zero-order valence-corrected chi connectivity index (χ0v) is 15.6. The topological polar surface area (TPSA) is 105 Å². The fraction of sp³-hybridized carbons (Fsp3) is 0.500. The summed E-state index contributed by atoms with van der Waals surface area (Å²) in [5, 5.41) is 8.34. The molecule has 4 rings (SSSR count). The zero-order valence-electron chi connectivity index (χ0n) is 14.9. The Hall–Kier alpha value is -2.48. The second-order valence-electron chi connectivity index (χ2n) is 7.14. The lowest BCUT2D eigenvalue weighted by Crippen LogP contribution is -2.55. The van der Waals surface area contributed by atoms with Gasteiger partial charge in [-0.25, -0.2) is 9.59 Å². The minimum atomic E-state index is -0.428. The van der Waals surface area contributed by atoms with Crippen molar-refractivity contribution in [2.45, 2.75) is 44.3 Å². The van der Waals surface area contributed by atoms with Crippen molar-refractivity contribution < 1.29 is 14.1 Å². The molecule has 144 valence electrons. The van der Waals surface area contributed by atoms with Crippen LogP contribution in [0.1, 0.15) is 31.4 Å². The van der Waals surface area contributed by atoms with Gasteiger partial charge in [-0.15, -0.1) is 0 Å². The van der Waals surface area contributed by atoms with Crippen LogP contribution in [-0.4, -0.2) is 52.2 Å². The summed E-state index contributed by atoms with van der Waals surface area (Å²) in [5.41, 5.74) is 6.09. The predicted octanol–water partition coefficient (Wildman–Crippen LogP) is 2.70. The van der Waals surface area contributed by atoms with E-state index in [0.717, 1.165) is 31.1 Å². The summed E-state index contributed by atoms with van der Waals surface area (Å²) in [6, 6.07) is 4.97. The van der Waals surface area contributed by atoms with E-state index in [1.807, 2.05) is 11.0 Å². The molecule has 2 heterocycles. The van der Waals surface area contributed by atoms with Crippen molar-refractivity contribution in [3.8, 4) is 0 Å². The fourth-order valence-corrected chi connectivity index (χ4v) is 3.88. The number of benzene rings is 1. The molecule has 1 aromatic carbocycles. The van der Waals surface area contributed by atoms with Crippen LogP contribution in [0.25, 0.3) is 10.9 Å². The molecule has 1 saturated carbocycles. The average Bonchev–Trinajstić information content (AvgIpc) is 3.40. The van der Waals surface area contributed by atoms with Crippen LogP contribution in [0.2, 0.25) is 5.02 Å². The number of carbonyl (C=O) groups excluding carboxylic acids is 2. The second kappa shape index (κ2) is 7.26. The average molecular weight is 392 g/mol. The standard InChI is InChI=1S/C18H22ClN5O3/c19-11-3-6-14-15(8-11)22-27-16(14)9-21-18(26)24(12-4-5-12)13-2-1-7-23(10-13)17(20)25/h3,6,8,12-13H,1-2,4-5,7,9-10H2,(H2,20,25)(H,21,26)/t13-/m1/s1. The van der Waals surface area contributed by atoms with Crippen molar-refractivity contribution in [3.05, 3.63) is 29.0 Å². The number of rotatable bonds is 4. The summed E-state index contributed by atoms with van der Waals surface area (Å²) >= 11 is 5.96. The normalized spacial score (nSPS) is 19.9. The molecular formula is C18H22ClN5O3. The number of likely N-dealkylation sites (tertiary alicyclic amines) is 1. The third-order valence-corrected chi connectivity index (χ3v) is 5.43. The van der Waals surface area contributed by atoms with E-state index in [9.17, 15) is 9.59 Å². The molecule has 1 saturated heterocycles. The molecule has 3 N–H and O–H groups in total. The Morgan fingerprint density at radius 1 is 1.33 bits per heavy atom. The molecule has 2 aliphatic rings. The van der Waals surface area contributed by atoms with Gasteiger partial charge in [0.15, 0.2) is 5.76 Å². The van der Waals surface area contributed by atoms with E-state index in [0.29, 0.717) is 29.4 Å². The summed E-state index contributed by atoms with van der Waals surface area (Å²) in [5.74, 6) is 0.591. The van der Waals surface area contributed by atoms with Crippen LogP contribution in [0.3, 0.4) is 0 Å². The maximum Gasteiger partial charge on any atom is 0.318 e. The van der Waals surface area contributed by atoms with Gasteiger partial charge in [-0.2, -0.15) is 0 Å². The SMILES string of the molecule is NC(=O)N1CCC[C@@H](N(C(=O)NCc2onc3cc(Cl)ccc23)C2CC2)C1. The number of piperidine rings is 1. The first-order valence-electron chi connectivity index (χ1n) is 9.17. The van der Waals surface area contributed by atoms with E-state index >= 15 is 0 Å². The molecule has 1 aliphatic heterocycles. The van der Waals surface area contributed by atoms with Crippen molar-refractivity contribution in [2.75, 3.05) is 13.1 Å². The van der Waals surface area contributed by atoms with Gasteiger partial charge in [0.05, 0.1) is 12.6 Å². The minimum absolute atomic E-state index is 0.0102. The molecule has 9 heteroatoms. The lowest BCUT2D eigenvalue weighted by atomic mass is 10.0. The van der Waals surface area contributed by atoms with Crippen molar-refractivity contribution in [1.82, 2.24) is 20.3 Å². The molecule has 0 spiro atoms. The van der Waals surface area contributed by atoms with Gasteiger partial charge in [-0.05, 0) is 43.9 Å². The Kier molecular flexibility index (Phi) is 4.82. The molecule has 0 unspecified atom stereocenters. The van der Waals surface area contributed by atoms with Gasteiger partial charge >= 0.3 is 12.1 Å². The van der Waals surface area contributed by atoms with Gasteiger partial charge in [0, 0.05) is 29.5 Å². The van der Waals surface area contributed by atoms with Gasteiger partial charge < -0.3 is 25.4 Å². The first-order chi connectivity index (χ1) is 13.0. The Morgan fingerprint density at radius 3 is 2.89 bits per heavy atom. The van der Waals surface area contributed by atoms with E-state index in [1.54, 1.807) is 17.0 Å². The molecule has 1 aromatic heterocycles. The van der Waals surface area contributed by atoms with E-state index in [4.69, 9.17) is 21.9 Å². The fourth-order valence-electron chi connectivity index (χ4n) is 3.71. The highest BCUT2D eigenvalue weighted by Crippen LogP contribution is 2.31. The van der Waals surface area contributed by atoms with E-state index < -0.39 is 6.03 Å². The number of nitrogens with two attached hydrogens (primary N) is 1. The lowest BCUT2D eigenvalue weighted by Gasteiger charge is -2.38. The van der Waals surface area contributed by atoms with Crippen molar-refractivity contribution in [2.24, 2.45) is 5.73 Å². The molecule has 4 amide bonds. The zero-order chi connectivity index (χ0) is 19.0. The first kappa shape index (κ1) is 17.9. The van der Waals surface area contributed by atoms with Crippen LogP contribution in [0.15, 0.2) is 22.7 Å². The largest absolute Gasteiger partial charge is 0.358 e. The quantitative estimate of drug-likeness (QED) is 0.835. The Bertz CT molecular complexity index is 866. The third-order valence-electron chi connectivity index (χ3n) is 5.19. The maximum absolute atomic E-state index is 12.9. The molecule has 2 aromatic rings. The number of hydrogen-bond acceptors (Lipinski definition) is 4. The number of nitrogens with one attached hydrogen (secondary N) is 1. The molecule has 8 nitrogen and oxygen atoms in total. The smallest absolute Gasteiger partial charge is 0.318 e. The summed E-state index contributed by atoms with van der Waals surface area (Å²) in [6.45, 7) is 1.38. The number of nitrogens with zero attached hydrogens (tertiary/aromatic N) is 3. The number of fused-ring (bicyclic) bond motifs is 1. The molecule has 2 fully saturated rings. The van der Waals surface area contributed by atoms with Crippen LogP contribution in [0.5, 0.6) is 0 Å². The second-order valence-corrected chi connectivity index (χ2v) is 7.58. The summed E-state index contributed by atoms with van der Waals surface area (Å²) in [4.78, 5) is 27.9. The van der Waals surface area contributed by atoms with Crippen molar-refractivity contribution in [3.63, 3.8) is 0 Å². The van der Waals surface area contributed by atoms with Gasteiger partial charge in [0.1, 0.15) is 5.52 Å². The van der Waals surface area contributed by atoms with Crippen LogP contribution < -0.4 is 11.1 Å². The van der Waals surface area contributed by atoms with Gasteiger partial charge in [0.2, 0.25) is 0 Å². The molecular weight excluding hydrogens is 370 g/mol. The van der Waals surface area contributed by atoms with E-state index in [-0.39, 0.29) is 24.7 Å². The summed E-state index contributed by atoms with van der Waals surface area (Å²) < 4.78 is 5.36. The highest BCUT2D eigenvalue weighted by molar-refractivity contribution is 6.31. The van der Waals surface area contributed by atoms with Crippen LogP contribution in [-0.2, 0) is 6.54 Å². The molecule has 1 atom stereocenters. The van der Waals surface area contributed by atoms with Gasteiger partial charge in [0.25, 0.3) is 0 Å². The van der Waals surface area contributed by atoms with Crippen molar-refractivity contribution in [1.29, 1.82) is 0 Å². The number of aromatic nitrogens is 1. The van der Waals surface area contributed by atoms with Crippen molar-refractivity contribution >= 4 is 34.6 Å². The maximum atomic E-state index is 12.9. The van der Waals surface area contributed by atoms with Crippen LogP contribution in [0.4, 0.5) is 9.59 Å². The Balaban J connectivity index is 1.44. The molecule has 0 radical (unpaired) electrons. The first-order valence-corrected chi connectivity index (χ1v) is 9.55. The summed E-state index contributed by atoms with van der Waals surface area (Å²) in [6.07, 6.45) is 3.70.